The van der Waals surface area contributed by atoms with Crippen LogP contribution in [-0.2, 0) is 27.8 Å². The number of carbonyl (C=O) groups excluding carboxylic acids is 1. The van der Waals surface area contributed by atoms with Crippen molar-refractivity contribution in [1.82, 2.24) is 14.5 Å². The Hall–Kier alpha value is -2.49. The normalized spacial score (nSPS) is 23.2. The zero-order chi connectivity index (χ0) is 22.0. The Bertz CT molecular complexity index is 1030. The largest absolute Gasteiger partial charge is 0.374 e. The van der Waals surface area contributed by atoms with E-state index in [-0.39, 0.29) is 31.5 Å². The van der Waals surface area contributed by atoms with Gasteiger partial charge in [-0.2, -0.15) is 4.31 Å². The van der Waals surface area contributed by atoms with Crippen LogP contribution in [0.4, 0.5) is 9.18 Å². The van der Waals surface area contributed by atoms with E-state index < -0.39 is 28.0 Å². The van der Waals surface area contributed by atoms with Crippen molar-refractivity contribution >= 4 is 16.1 Å². The molecule has 2 amide bonds. The second-order valence-electron chi connectivity index (χ2n) is 8.02. The van der Waals surface area contributed by atoms with Crippen LogP contribution in [0, 0.1) is 12.7 Å². The summed E-state index contributed by atoms with van der Waals surface area (Å²) in [6, 6.07) is 13.3. The minimum atomic E-state index is -3.61. The van der Waals surface area contributed by atoms with Crippen molar-refractivity contribution in [3.8, 4) is 0 Å². The Kier molecular flexibility index (Phi) is 6.27. The van der Waals surface area contributed by atoms with Gasteiger partial charge < -0.3 is 15.0 Å². The number of urea groups is 1. The van der Waals surface area contributed by atoms with Crippen LogP contribution in [0.3, 0.4) is 0 Å². The van der Waals surface area contributed by atoms with E-state index in [0.29, 0.717) is 18.7 Å². The molecule has 4 rings (SSSR count). The standard InChI is InChI=1S/C22H26FN3O4S/c1-16-9-18(11-19(23)10-16)13-26-20-14-25(15-21(20)30-7-8-31(26,28)29)22(27)24-12-17-5-3-2-4-6-17/h2-6,9-11,20-21H,7-8,12-15H2,1H3,(H,24,27)/t20-,21+/m1/s1. The van der Waals surface area contributed by atoms with Gasteiger partial charge in [-0.3, -0.25) is 0 Å². The smallest absolute Gasteiger partial charge is 0.317 e. The molecule has 2 aromatic carbocycles. The molecular weight excluding hydrogens is 421 g/mol. The summed E-state index contributed by atoms with van der Waals surface area (Å²) >= 11 is 0. The van der Waals surface area contributed by atoms with Gasteiger partial charge in [-0.1, -0.05) is 36.4 Å². The summed E-state index contributed by atoms with van der Waals surface area (Å²) in [6.45, 7) is 2.80. The number of fused-ring (bicyclic) bond motifs is 1. The molecule has 0 bridgehead atoms. The molecular formula is C22H26FN3O4S. The molecule has 2 aliphatic heterocycles. The lowest BCUT2D eigenvalue weighted by molar-refractivity contribution is 0.0470. The average molecular weight is 448 g/mol. The fourth-order valence-electron chi connectivity index (χ4n) is 4.18. The Balaban J connectivity index is 1.50. The van der Waals surface area contributed by atoms with E-state index in [4.69, 9.17) is 4.74 Å². The van der Waals surface area contributed by atoms with E-state index in [1.165, 1.54) is 16.4 Å². The molecule has 1 N–H and O–H groups in total. The van der Waals surface area contributed by atoms with E-state index >= 15 is 0 Å². The fourth-order valence-corrected chi connectivity index (χ4v) is 5.68. The first-order valence-electron chi connectivity index (χ1n) is 10.3. The van der Waals surface area contributed by atoms with Crippen LogP contribution in [0.2, 0.25) is 0 Å². The number of aryl methyl sites for hydroxylation is 1. The molecule has 0 unspecified atom stereocenters. The van der Waals surface area contributed by atoms with Crippen LogP contribution in [0.1, 0.15) is 16.7 Å². The number of rotatable bonds is 4. The van der Waals surface area contributed by atoms with Crippen molar-refractivity contribution in [3.63, 3.8) is 0 Å². The van der Waals surface area contributed by atoms with Gasteiger partial charge in [0.25, 0.3) is 0 Å². The second kappa shape index (κ2) is 8.94. The topological polar surface area (TPSA) is 79.0 Å². The SMILES string of the molecule is Cc1cc(F)cc(CN2[C@@H]3CN(C(=O)NCc4ccccc4)C[C@@H]3OCCS2(=O)=O)c1. The number of hydrogen-bond donors (Lipinski definition) is 1. The molecule has 9 heteroatoms. The van der Waals surface area contributed by atoms with Gasteiger partial charge in [-0.05, 0) is 35.7 Å². The highest BCUT2D eigenvalue weighted by Gasteiger charge is 2.45. The third-order valence-electron chi connectivity index (χ3n) is 5.65. The monoisotopic (exact) mass is 447 g/mol. The van der Waals surface area contributed by atoms with Crippen LogP contribution >= 0.6 is 0 Å². The number of nitrogens with zero attached hydrogens (tertiary/aromatic N) is 2. The number of nitrogens with one attached hydrogen (secondary N) is 1. The van der Waals surface area contributed by atoms with Crippen LogP contribution in [0.5, 0.6) is 0 Å². The van der Waals surface area contributed by atoms with Gasteiger partial charge in [-0.15, -0.1) is 0 Å². The third kappa shape index (κ3) is 5.06. The highest BCUT2D eigenvalue weighted by Crippen LogP contribution is 2.27. The van der Waals surface area contributed by atoms with Gasteiger partial charge in [-0.25, -0.2) is 17.6 Å². The molecule has 0 aromatic heterocycles. The van der Waals surface area contributed by atoms with E-state index in [0.717, 1.165) is 11.1 Å². The van der Waals surface area contributed by atoms with Crippen molar-refractivity contribution in [1.29, 1.82) is 0 Å². The summed E-state index contributed by atoms with van der Waals surface area (Å²) in [5, 5.41) is 2.88. The lowest BCUT2D eigenvalue weighted by Crippen LogP contribution is -2.46. The van der Waals surface area contributed by atoms with Crippen molar-refractivity contribution in [2.24, 2.45) is 0 Å². The van der Waals surface area contributed by atoms with Crippen LogP contribution in [-0.4, -0.2) is 61.2 Å². The molecule has 0 spiro atoms. The number of halogens is 1. The highest BCUT2D eigenvalue weighted by molar-refractivity contribution is 7.89. The number of benzene rings is 2. The molecule has 0 saturated carbocycles. The second-order valence-corrected chi connectivity index (χ2v) is 10.1. The third-order valence-corrected chi connectivity index (χ3v) is 7.45. The first-order chi connectivity index (χ1) is 14.8. The molecule has 2 aromatic rings. The number of carbonyl (C=O) groups is 1. The Morgan fingerprint density at radius 1 is 1.16 bits per heavy atom. The zero-order valence-electron chi connectivity index (χ0n) is 17.3. The summed E-state index contributed by atoms with van der Waals surface area (Å²) in [7, 11) is -3.61. The summed E-state index contributed by atoms with van der Waals surface area (Å²) in [4.78, 5) is 14.3. The molecule has 2 fully saturated rings. The van der Waals surface area contributed by atoms with Gasteiger partial charge >= 0.3 is 6.03 Å². The quantitative estimate of drug-likeness (QED) is 0.780. The molecule has 0 aliphatic carbocycles. The lowest BCUT2D eigenvalue weighted by atomic mass is 10.1. The molecule has 2 atom stereocenters. The summed E-state index contributed by atoms with van der Waals surface area (Å²) in [5.74, 6) is -0.530. The summed E-state index contributed by atoms with van der Waals surface area (Å²) in [6.07, 6.45) is -0.422. The van der Waals surface area contributed by atoms with Crippen LogP contribution in [0.15, 0.2) is 48.5 Å². The summed E-state index contributed by atoms with van der Waals surface area (Å²) in [5.41, 5.74) is 2.28. The van der Waals surface area contributed by atoms with Crippen molar-refractivity contribution < 1.29 is 22.3 Å². The molecule has 31 heavy (non-hydrogen) atoms. The Morgan fingerprint density at radius 3 is 2.68 bits per heavy atom. The van der Waals surface area contributed by atoms with E-state index in [2.05, 4.69) is 5.32 Å². The number of likely N-dealkylation sites (tertiary alicyclic amines) is 1. The molecule has 0 radical (unpaired) electrons. The number of ether oxygens (including phenoxy) is 1. The molecule has 2 heterocycles. The first kappa shape index (κ1) is 21.7. The van der Waals surface area contributed by atoms with E-state index in [1.807, 2.05) is 30.3 Å². The summed E-state index contributed by atoms with van der Waals surface area (Å²) < 4.78 is 46.9. The van der Waals surface area contributed by atoms with Gasteiger partial charge in [0.1, 0.15) is 5.82 Å². The number of hydrogen-bond acceptors (Lipinski definition) is 4. The average Bonchev–Trinajstić information content (AvgIpc) is 3.09. The predicted molar refractivity (Wildman–Crippen MR) is 114 cm³/mol. The molecule has 7 nitrogen and oxygen atoms in total. The predicted octanol–water partition coefficient (Wildman–Crippen LogP) is 2.26. The Morgan fingerprint density at radius 2 is 1.94 bits per heavy atom. The molecule has 2 saturated heterocycles. The van der Waals surface area contributed by atoms with Gasteiger partial charge in [0.05, 0.1) is 31.1 Å². The van der Waals surface area contributed by atoms with Gasteiger partial charge in [0.2, 0.25) is 10.0 Å². The van der Waals surface area contributed by atoms with Crippen molar-refractivity contribution in [2.75, 3.05) is 25.4 Å². The van der Waals surface area contributed by atoms with Crippen molar-refractivity contribution in [3.05, 3.63) is 71.0 Å². The van der Waals surface area contributed by atoms with Gasteiger partial charge in [0, 0.05) is 19.6 Å². The molecule has 2 aliphatic rings. The number of sulfonamides is 1. The zero-order valence-corrected chi connectivity index (χ0v) is 18.1. The minimum absolute atomic E-state index is 0.0466. The van der Waals surface area contributed by atoms with Crippen LogP contribution in [0.25, 0.3) is 0 Å². The lowest BCUT2D eigenvalue weighted by Gasteiger charge is -2.28. The van der Waals surface area contributed by atoms with E-state index in [9.17, 15) is 17.6 Å². The molecule has 166 valence electrons. The minimum Gasteiger partial charge on any atom is -0.374 e. The Labute approximate surface area is 181 Å². The van der Waals surface area contributed by atoms with Gasteiger partial charge in [0.15, 0.2) is 0 Å². The van der Waals surface area contributed by atoms with E-state index in [1.54, 1.807) is 17.9 Å². The first-order valence-corrected chi connectivity index (χ1v) is 11.9. The number of amides is 2. The fraction of sp³-hybridized carbons (Fsp3) is 0.409. The van der Waals surface area contributed by atoms with Crippen LogP contribution < -0.4 is 5.32 Å². The maximum Gasteiger partial charge on any atom is 0.317 e. The maximum atomic E-state index is 13.9. The maximum absolute atomic E-state index is 13.9. The van der Waals surface area contributed by atoms with Crippen molar-refractivity contribution in [2.45, 2.75) is 32.2 Å². The highest BCUT2D eigenvalue weighted by atomic mass is 32.2.